The van der Waals surface area contributed by atoms with E-state index >= 15 is 0 Å². The molecule has 6 heteroatoms. The Morgan fingerprint density at radius 3 is 2.54 bits per heavy atom. The number of anilines is 1. The van der Waals surface area contributed by atoms with Crippen LogP contribution in [0.5, 0.6) is 0 Å². The van der Waals surface area contributed by atoms with E-state index in [1.807, 2.05) is 24.3 Å². The third-order valence-electron chi connectivity index (χ3n) is 4.22. The first-order valence-corrected chi connectivity index (χ1v) is 9.26. The smallest absolute Gasteiger partial charge is 0.141 e. The molecule has 3 heterocycles. The SMILES string of the molecule is CC1CN(c2ncnc3scc(-c4ccc(Cl)cc4)c23)CC(C)O1. The largest absolute Gasteiger partial charge is 0.372 e. The van der Waals surface area contributed by atoms with Crippen LogP contribution in [0, 0.1) is 0 Å². The maximum atomic E-state index is 6.03. The van der Waals surface area contributed by atoms with Crippen LogP contribution in [-0.4, -0.2) is 35.3 Å². The van der Waals surface area contributed by atoms with Gasteiger partial charge in [-0.05, 0) is 31.5 Å². The molecule has 2 aromatic heterocycles. The van der Waals surface area contributed by atoms with E-state index in [9.17, 15) is 0 Å². The van der Waals surface area contributed by atoms with Gasteiger partial charge in [0, 0.05) is 29.1 Å². The fourth-order valence-corrected chi connectivity index (χ4v) is 4.33. The Morgan fingerprint density at radius 2 is 1.83 bits per heavy atom. The molecule has 0 spiro atoms. The van der Waals surface area contributed by atoms with Gasteiger partial charge >= 0.3 is 0 Å². The molecule has 0 saturated carbocycles. The highest BCUT2D eigenvalue weighted by Gasteiger charge is 2.26. The first-order chi connectivity index (χ1) is 11.6. The Morgan fingerprint density at radius 1 is 1.12 bits per heavy atom. The Hall–Kier alpha value is -1.69. The van der Waals surface area contributed by atoms with Gasteiger partial charge in [0.25, 0.3) is 0 Å². The maximum Gasteiger partial charge on any atom is 0.141 e. The van der Waals surface area contributed by atoms with Gasteiger partial charge in [0.1, 0.15) is 17.0 Å². The number of aromatic nitrogens is 2. The average Bonchev–Trinajstić information content (AvgIpc) is 2.99. The number of thiophene rings is 1. The Balaban J connectivity index is 1.84. The van der Waals surface area contributed by atoms with E-state index in [0.717, 1.165) is 45.3 Å². The van der Waals surface area contributed by atoms with Crippen molar-refractivity contribution in [3.8, 4) is 11.1 Å². The molecule has 0 amide bonds. The van der Waals surface area contributed by atoms with E-state index in [4.69, 9.17) is 16.3 Å². The summed E-state index contributed by atoms with van der Waals surface area (Å²) < 4.78 is 5.86. The standard InChI is InChI=1S/C18H18ClN3OS/c1-11-7-22(8-12(2)23-11)17-16-15(9-24-18(16)21-10-20-17)13-3-5-14(19)6-4-13/h3-6,9-12H,7-8H2,1-2H3. The number of nitrogens with zero attached hydrogens (tertiary/aromatic N) is 3. The summed E-state index contributed by atoms with van der Waals surface area (Å²) in [6.07, 6.45) is 2.04. The molecule has 24 heavy (non-hydrogen) atoms. The predicted octanol–water partition coefficient (Wildman–Crippen LogP) is 4.63. The third-order valence-corrected chi connectivity index (χ3v) is 5.36. The van der Waals surface area contributed by atoms with E-state index in [0.29, 0.717) is 0 Å². The molecule has 2 unspecified atom stereocenters. The summed E-state index contributed by atoms with van der Waals surface area (Å²) in [7, 11) is 0. The van der Waals surface area contributed by atoms with E-state index in [-0.39, 0.29) is 12.2 Å². The lowest BCUT2D eigenvalue weighted by atomic mass is 10.1. The molecule has 1 aromatic carbocycles. The van der Waals surface area contributed by atoms with E-state index in [1.165, 1.54) is 0 Å². The predicted molar refractivity (Wildman–Crippen MR) is 100 cm³/mol. The molecular formula is C18H18ClN3OS. The lowest BCUT2D eigenvalue weighted by Crippen LogP contribution is -2.45. The molecule has 1 aliphatic rings. The van der Waals surface area contributed by atoms with Gasteiger partial charge in [-0.25, -0.2) is 9.97 Å². The van der Waals surface area contributed by atoms with Crippen LogP contribution in [0.15, 0.2) is 36.0 Å². The summed E-state index contributed by atoms with van der Waals surface area (Å²) >= 11 is 7.68. The van der Waals surface area contributed by atoms with Crippen molar-refractivity contribution in [2.45, 2.75) is 26.1 Å². The van der Waals surface area contributed by atoms with Crippen LogP contribution in [0.3, 0.4) is 0 Å². The number of rotatable bonds is 2. The van der Waals surface area contributed by atoms with Crippen LogP contribution in [0.2, 0.25) is 5.02 Å². The lowest BCUT2D eigenvalue weighted by molar-refractivity contribution is -0.00537. The van der Waals surface area contributed by atoms with Crippen LogP contribution in [0.25, 0.3) is 21.3 Å². The van der Waals surface area contributed by atoms with Crippen LogP contribution < -0.4 is 4.90 Å². The van der Waals surface area contributed by atoms with Crippen molar-refractivity contribution < 1.29 is 4.74 Å². The van der Waals surface area contributed by atoms with Crippen molar-refractivity contribution in [2.75, 3.05) is 18.0 Å². The van der Waals surface area contributed by atoms with Crippen molar-refractivity contribution in [2.24, 2.45) is 0 Å². The van der Waals surface area contributed by atoms with E-state index < -0.39 is 0 Å². The molecular weight excluding hydrogens is 342 g/mol. The zero-order valence-electron chi connectivity index (χ0n) is 13.6. The van der Waals surface area contributed by atoms with E-state index in [1.54, 1.807) is 17.7 Å². The zero-order valence-corrected chi connectivity index (χ0v) is 15.1. The first kappa shape index (κ1) is 15.8. The van der Waals surface area contributed by atoms with Gasteiger partial charge in [0.15, 0.2) is 0 Å². The van der Waals surface area contributed by atoms with Crippen LogP contribution in [0.1, 0.15) is 13.8 Å². The minimum Gasteiger partial charge on any atom is -0.372 e. The topological polar surface area (TPSA) is 38.2 Å². The molecule has 2 atom stereocenters. The number of benzene rings is 1. The number of fused-ring (bicyclic) bond motifs is 1. The molecule has 4 rings (SSSR count). The molecule has 0 radical (unpaired) electrons. The summed E-state index contributed by atoms with van der Waals surface area (Å²) in [5, 5.41) is 4.01. The minimum atomic E-state index is 0.191. The number of ether oxygens (including phenoxy) is 1. The second-order valence-electron chi connectivity index (χ2n) is 6.20. The molecule has 0 aliphatic carbocycles. The molecule has 1 saturated heterocycles. The fraction of sp³-hybridized carbons (Fsp3) is 0.333. The summed E-state index contributed by atoms with van der Waals surface area (Å²) in [4.78, 5) is 12.4. The average molecular weight is 360 g/mol. The number of morpholine rings is 1. The first-order valence-electron chi connectivity index (χ1n) is 8.00. The van der Waals surface area contributed by atoms with Crippen LogP contribution in [0.4, 0.5) is 5.82 Å². The summed E-state index contributed by atoms with van der Waals surface area (Å²) in [6, 6.07) is 7.93. The van der Waals surface area contributed by atoms with E-state index in [2.05, 4.69) is 34.1 Å². The molecule has 0 bridgehead atoms. The zero-order chi connectivity index (χ0) is 16.7. The van der Waals surface area contributed by atoms with Gasteiger partial charge in [-0.15, -0.1) is 11.3 Å². The summed E-state index contributed by atoms with van der Waals surface area (Å²) in [5.41, 5.74) is 2.30. The van der Waals surface area contributed by atoms with Crippen LogP contribution in [-0.2, 0) is 4.74 Å². The van der Waals surface area contributed by atoms with Crippen molar-refractivity contribution in [3.63, 3.8) is 0 Å². The van der Waals surface area contributed by atoms with Gasteiger partial charge < -0.3 is 9.64 Å². The highest BCUT2D eigenvalue weighted by molar-refractivity contribution is 7.17. The minimum absolute atomic E-state index is 0.191. The number of hydrogen-bond donors (Lipinski definition) is 0. The molecule has 0 N–H and O–H groups in total. The van der Waals surface area contributed by atoms with Crippen molar-refractivity contribution >= 4 is 39.0 Å². The Kier molecular flexibility index (Phi) is 4.16. The highest BCUT2D eigenvalue weighted by atomic mass is 35.5. The number of halogens is 1. The number of hydrogen-bond acceptors (Lipinski definition) is 5. The highest BCUT2D eigenvalue weighted by Crippen LogP contribution is 2.38. The second-order valence-corrected chi connectivity index (χ2v) is 7.49. The molecule has 1 aliphatic heterocycles. The summed E-state index contributed by atoms with van der Waals surface area (Å²) in [6.45, 7) is 5.89. The monoisotopic (exact) mass is 359 g/mol. The molecule has 4 nitrogen and oxygen atoms in total. The molecule has 1 fully saturated rings. The van der Waals surface area contributed by atoms with Crippen molar-refractivity contribution in [1.29, 1.82) is 0 Å². The quantitative estimate of drug-likeness (QED) is 0.668. The van der Waals surface area contributed by atoms with Gasteiger partial charge in [-0.1, -0.05) is 23.7 Å². The lowest BCUT2D eigenvalue weighted by Gasteiger charge is -2.36. The maximum absolute atomic E-state index is 6.03. The Labute approximate surface area is 150 Å². The van der Waals surface area contributed by atoms with Gasteiger partial charge in [-0.2, -0.15) is 0 Å². The fourth-order valence-electron chi connectivity index (χ4n) is 3.29. The molecule has 124 valence electrons. The molecule has 3 aromatic rings. The Bertz CT molecular complexity index is 854. The van der Waals surface area contributed by atoms with Crippen LogP contribution >= 0.6 is 22.9 Å². The van der Waals surface area contributed by atoms with Gasteiger partial charge in [0.2, 0.25) is 0 Å². The normalized spacial score (nSPS) is 21.4. The van der Waals surface area contributed by atoms with Gasteiger partial charge in [-0.3, -0.25) is 0 Å². The van der Waals surface area contributed by atoms with Crippen molar-refractivity contribution in [1.82, 2.24) is 9.97 Å². The van der Waals surface area contributed by atoms with Crippen molar-refractivity contribution in [3.05, 3.63) is 41.0 Å². The third kappa shape index (κ3) is 2.88. The van der Waals surface area contributed by atoms with Gasteiger partial charge in [0.05, 0.1) is 17.6 Å². The summed E-state index contributed by atoms with van der Waals surface area (Å²) in [5.74, 6) is 0.994. The second kappa shape index (κ2) is 6.31.